The Hall–Kier alpha value is -2.44. The van der Waals surface area contributed by atoms with Gasteiger partial charge in [0.25, 0.3) is 0 Å². The summed E-state index contributed by atoms with van der Waals surface area (Å²) in [5.41, 5.74) is 10.5. The first kappa shape index (κ1) is 24.6. The molecule has 6 nitrogen and oxygen atoms in total. The van der Waals surface area contributed by atoms with Crippen LogP contribution in [0.15, 0.2) is 58.5 Å². The predicted molar refractivity (Wildman–Crippen MR) is 129 cm³/mol. The molecule has 5 N–H and O–H groups in total. The normalized spacial score (nSPS) is 12.9. The van der Waals surface area contributed by atoms with Crippen molar-refractivity contribution in [3.63, 3.8) is 0 Å². The fraction of sp³-hybridized carbons (Fsp3) is 0.333. The zero-order valence-electron chi connectivity index (χ0n) is 16.6. The summed E-state index contributed by atoms with van der Waals surface area (Å²) in [7, 11) is 0. The molecule has 0 atom stereocenters. The summed E-state index contributed by atoms with van der Waals surface area (Å²) in [5.74, 6) is 1.33. The molecule has 158 valence electrons. The quantitative estimate of drug-likeness (QED) is 0.392. The lowest BCUT2D eigenvalue weighted by molar-refractivity contribution is 0.929. The minimum atomic E-state index is 0. The molecule has 0 saturated heterocycles. The first-order valence-corrected chi connectivity index (χ1v) is 9.53. The molecule has 0 fully saturated rings. The van der Waals surface area contributed by atoms with E-state index < -0.39 is 0 Å². The van der Waals surface area contributed by atoms with Gasteiger partial charge in [0.1, 0.15) is 0 Å². The lowest BCUT2D eigenvalue weighted by atomic mass is 10.0. The number of hydrogen-bond donors (Lipinski definition) is 4. The highest BCUT2D eigenvalue weighted by atomic mass is 35.5. The largest absolute Gasteiger partial charge is 0.370 e. The summed E-state index contributed by atoms with van der Waals surface area (Å²) >= 11 is 0. The van der Waals surface area contributed by atoms with E-state index in [1.807, 2.05) is 12.1 Å². The van der Waals surface area contributed by atoms with Crippen LogP contribution in [0.3, 0.4) is 0 Å². The van der Waals surface area contributed by atoms with E-state index >= 15 is 0 Å². The zero-order chi connectivity index (χ0) is 18.9. The highest BCUT2D eigenvalue weighted by Gasteiger charge is 2.04. The molecule has 1 heterocycles. The van der Waals surface area contributed by atoms with Crippen molar-refractivity contribution in [3.05, 3.63) is 59.7 Å². The molecule has 3 rings (SSSR count). The van der Waals surface area contributed by atoms with Crippen LogP contribution in [0.2, 0.25) is 0 Å². The van der Waals surface area contributed by atoms with Gasteiger partial charge in [0.2, 0.25) is 0 Å². The molecule has 0 bridgehead atoms. The molecule has 1 aliphatic rings. The Morgan fingerprint density at radius 1 is 1.00 bits per heavy atom. The van der Waals surface area contributed by atoms with Crippen molar-refractivity contribution in [2.45, 2.75) is 26.2 Å². The maximum atomic E-state index is 5.85. The fourth-order valence-electron chi connectivity index (χ4n) is 2.84. The number of nitrogens with one attached hydrogen (secondary N) is 3. The third kappa shape index (κ3) is 8.21. The Kier molecular flexibility index (Phi) is 10.9. The Bertz CT molecular complexity index is 788. The molecule has 0 aromatic heterocycles. The summed E-state index contributed by atoms with van der Waals surface area (Å²) in [6.07, 6.45) is 3.00. The summed E-state index contributed by atoms with van der Waals surface area (Å²) in [4.78, 5) is 8.59. The van der Waals surface area contributed by atoms with Gasteiger partial charge in [-0.15, -0.1) is 24.8 Å². The lowest BCUT2D eigenvalue weighted by Gasteiger charge is -2.09. The van der Waals surface area contributed by atoms with E-state index in [0.717, 1.165) is 56.2 Å². The Balaban J connectivity index is 0.00000210. The second-order valence-electron chi connectivity index (χ2n) is 6.57. The van der Waals surface area contributed by atoms with Crippen LogP contribution < -0.4 is 21.7 Å². The van der Waals surface area contributed by atoms with Gasteiger partial charge in [-0.05, 0) is 54.7 Å². The monoisotopic (exact) mass is 436 g/mol. The molecule has 2 aromatic rings. The number of guanidine groups is 2. The fourth-order valence-corrected chi connectivity index (χ4v) is 2.84. The predicted octanol–water partition coefficient (Wildman–Crippen LogP) is 3.82. The molecule has 0 spiro atoms. The van der Waals surface area contributed by atoms with Gasteiger partial charge in [0.15, 0.2) is 11.9 Å². The van der Waals surface area contributed by atoms with Crippen molar-refractivity contribution < 1.29 is 0 Å². The molecule has 0 radical (unpaired) electrons. The van der Waals surface area contributed by atoms with Gasteiger partial charge in [0.05, 0.1) is 6.54 Å². The van der Waals surface area contributed by atoms with Gasteiger partial charge in [-0.25, -0.2) is 0 Å². The topological polar surface area (TPSA) is 86.8 Å². The summed E-state index contributed by atoms with van der Waals surface area (Å²) in [5, 5.41) is 9.62. The average Bonchev–Trinajstić information content (AvgIpc) is 3.20. The Morgan fingerprint density at radius 2 is 1.59 bits per heavy atom. The standard InChI is InChI=1S/C21H28N6.2ClH/c1-2-13-23-20(22)26-18-9-5-16(6-10-18)3-4-17-7-11-19(12-8-17)27-21-24-14-15-25-21;;/h5-12H,2-4,13-15H2,1H3,(H3,22,23,26)(H2,24,25,27);2*1H. The zero-order valence-corrected chi connectivity index (χ0v) is 18.3. The number of hydrogen-bond acceptors (Lipinski definition) is 4. The summed E-state index contributed by atoms with van der Waals surface area (Å²) in [6, 6.07) is 16.9. The van der Waals surface area contributed by atoms with Crippen LogP contribution in [0.1, 0.15) is 24.5 Å². The molecular formula is C21H30Cl2N6. The Morgan fingerprint density at radius 3 is 2.10 bits per heavy atom. The van der Waals surface area contributed by atoms with E-state index in [0.29, 0.717) is 5.96 Å². The highest BCUT2D eigenvalue weighted by Crippen LogP contribution is 2.14. The average molecular weight is 437 g/mol. The van der Waals surface area contributed by atoms with Crippen molar-refractivity contribution >= 4 is 48.1 Å². The van der Waals surface area contributed by atoms with E-state index in [9.17, 15) is 0 Å². The second-order valence-corrected chi connectivity index (χ2v) is 6.57. The molecule has 0 aliphatic carbocycles. The molecule has 0 amide bonds. The van der Waals surface area contributed by atoms with Crippen LogP contribution in [0, 0.1) is 0 Å². The Labute approximate surface area is 185 Å². The molecule has 2 aromatic carbocycles. The van der Waals surface area contributed by atoms with E-state index in [2.05, 4.69) is 69.3 Å². The van der Waals surface area contributed by atoms with Crippen LogP contribution in [0.4, 0.5) is 11.4 Å². The molecule has 0 unspecified atom stereocenters. The molecule has 29 heavy (non-hydrogen) atoms. The number of rotatable bonds is 7. The van der Waals surface area contributed by atoms with E-state index in [1.54, 1.807) is 0 Å². The third-order valence-electron chi connectivity index (χ3n) is 4.33. The van der Waals surface area contributed by atoms with Gasteiger partial charge in [0, 0.05) is 24.5 Å². The van der Waals surface area contributed by atoms with Gasteiger partial charge >= 0.3 is 0 Å². The minimum absolute atomic E-state index is 0. The second kappa shape index (κ2) is 12.9. The van der Waals surface area contributed by atoms with E-state index in [-0.39, 0.29) is 24.8 Å². The van der Waals surface area contributed by atoms with Crippen molar-refractivity contribution in [1.82, 2.24) is 5.32 Å². The minimum Gasteiger partial charge on any atom is -0.370 e. The summed E-state index contributed by atoms with van der Waals surface area (Å²) < 4.78 is 0. The number of anilines is 2. The summed E-state index contributed by atoms with van der Waals surface area (Å²) in [6.45, 7) is 4.58. The molecular weight excluding hydrogens is 407 g/mol. The maximum absolute atomic E-state index is 5.85. The SMILES string of the molecule is CCCN=C(N)Nc1ccc(CCc2ccc(NC3=NCCN3)cc2)cc1.Cl.Cl. The molecule has 8 heteroatoms. The van der Waals surface area contributed by atoms with Crippen LogP contribution in [-0.4, -0.2) is 31.6 Å². The van der Waals surface area contributed by atoms with Gasteiger partial charge in [-0.3, -0.25) is 9.98 Å². The van der Waals surface area contributed by atoms with Crippen LogP contribution in [0.5, 0.6) is 0 Å². The number of nitrogens with two attached hydrogens (primary N) is 1. The number of aliphatic imine (C=N–C) groups is 2. The first-order valence-electron chi connectivity index (χ1n) is 9.53. The highest BCUT2D eigenvalue weighted by molar-refractivity contribution is 5.94. The molecule has 1 aliphatic heterocycles. The smallest absolute Gasteiger partial charge is 0.195 e. The van der Waals surface area contributed by atoms with Crippen molar-refractivity contribution in [2.24, 2.45) is 15.7 Å². The van der Waals surface area contributed by atoms with E-state index in [4.69, 9.17) is 5.73 Å². The van der Waals surface area contributed by atoms with Gasteiger partial charge in [-0.2, -0.15) is 0 Å². The number of aryl methyl sites for hydroxylation is 2. The third-order valence-corrected chi connectivity index (χ3v) is 4.33. The van der Waals surface area contributed by atoms with E-state index in [1.165, 1.54) is 11.1 Å². The van der Waals surface area contributed by atoms with Gasteiger partial charge < -0.3 is 21.7 Å². The van der Waals surface area contributed by atoms with Crippen molar-refractivity contribution in [2.75, 3.05) is 30.3 Å². The number of nitrogens with zero attached hydrogens (tertiary/aromatic N) is 2. The van der Waals surface area contributed by atoms with Crippen molar-refractivity contribution in [3.8, 4) is 0 Å². The van der Waals surface area contributed by atoms with Crippen molar-refractivity contribution in [1.29, 1.82) is 0 Å². The number of halogens is 2. The maximum Gasteiger partial charge on any atom is 0.195 e. The van der Waals surface area contributed by atoms with Gasteiger partial charge in [-0.1, -0.05) is 31.2 Å². The lowest BCUT2D eigenvalue weighted by Crippen LogP contribution is -2.26. The van der Waals surface area contributed by atoms with Crippen LogP contribution in [-0.2, 0) is 12.8 Å². The number of benzene rings is 2. The van der Waals surface area contributed by atoms with Crippen LogP contribution >= 0.6 is 24.8 Å². The first-order chi connectivity index (χ1) is 13.2. The molecule has 0 saturated carbocycles. The van der Waals surface area contributed by atoms with Crippen LogP contribution in [0.25, 0.3) is 0 Å².